The molecule has 0 radical (unpaired) electrons. The maximum atomic E-state index is 2.67. The van der Waals surface area contributed by atoms with E-state index in [1.165, 1.54) is 125 Å². The quantitative estimate of drug-likeness (QED) is 0.164. The Balaban J connectivity index is 1.18. The number of fused-ring (bicyclic) bond motifs is 13. The molecule has 0 bridgehead atoms. The standard InChI is InChI=1S/C56H57N/c1-6-36-32-37(7-2)56(38(8-3)33-36)49-23-14-11-20-44(49)53-50(56)24-17-25-52(53)57(39-27-29-47-45(34-39)42-19-9-12-21-46(42)54(47,4)5)40-26-28-43-41-18-10-13-22-48(41)55(51(43)35-40)30-15-16-31-55/h9-14,17-29,34-38H,6-8,15-16,30-33H2,1-5H3. The molecular weight excluding hydrogens is 687 g/mol. The third-order valence-corrected chi connectivity index (χ3v) is 16.2. The monoisotopic (exact) mass is 743 g/mol. The molecule has 286 valence electrons. The molecule has 1 nitrogen and oxygen atoms in total. The Hall–Kier alpha value is -4.88. The van der Waals surface area contributed by atoms with E-state index in [0.717, 1.165) is 5.92 Å². The Morgan fingerprint density at radius 3 is 1.75 bits per heavy atom. The molecule has 2 saturated carbocycles. The molecule has 57 heavy (non-hydrogen) atoms. The van der Waals surface area contributed by atoms with Crippen LogP contribution in [0.1, 0.15) is 126 Å². The minimum Gasteiger partial charge on any atom is -0.310 e. The van der Waals surface area contributed by atoms with Crippen LogP contribution >= 0.6 is 0 Å². The lowest BCUT2D eigenvalue weighted by molar-refractivity contribution is 0.0905. The molecule has 0 saturated heterocycles. The van der Waals surface area contributed by atoms with Gasteiger partial charge in [-0.3, -0.25) is 0 Å². The topological polar surface area (TPSA) is 3.24 Å². The molecule has 0 aliphatic heterocycles. The first-order chi connectivity index (χ1) is 27.9. The second-order valence-corrected chi connectivity index (χ2v) is 18.9. The lowest BCUT2D eigenvalue weighted by Crippen LogP contribution is -2.47. The Bertz CT molecular complexity index is 2550. The fourth-order valence-corrected chi connectivity index (χ4v) is 13.7. The highest BCUT2D eigenvalue weighted by atomic mass is 15.1. The zero-order valence-electron chi connectivity index (χ0n) is 34.7. The summed E-state index contributed by atoms with van der Waals surface area (Å²) in [4.78, 5) is 2.67. The van der Waals surface area contributed by atoms with Gasteiger partial charge in [0.1, 0.15) is 0 Å². The highest BCUT2D eigenvalue weighted by Gasteiger charge is 2.56. The summed E-state index contributed by atoms with van der Waals surface area (Å²) in [5.41, 5.74) is 21.6. The van der Waals surface area contributed by atoms with Crippen LogP contribution < -0.4 is 4.90 Å². The van der Waals surface area contributed by atoms with E-state index in [0.29, 0.717) is 11.8 Å². The fraction of sp³-hybridized carbons (Fsp3) is 0.357. The summed E-state index contributed by atoms with van der Waals surface area (Å²) >= 11 is 0. The van der Waals surface area contributed by atoms with Crippen LogP contribution in [0.3, 0.4) is 0 Å². The van der Waals surface area contributed by atoms with Crippen LogP contribution in [0.5, 0.6) is 0 Å². The van der Waals surface area contributed by atoms with Crippen molar-refractivity contribution < 1.29 is 0 Å². The first-order valence-electron chi connectivity index (χ1n) is 22.4. The summed E-state index contributed by atoms with van der Waals surface area (Å²) < 4.78 is 0. The van der Waals surface area contributed by atoms with Gasteiger partial charge in [0.05, 0.1) is 5.69 Å². The molecule has 2 unspecified atom stereocenters. The lowest BCUT2D eigenvalue weighted by atomic mass is 9.52. The van der Waals surface area contributed by atoms with Crippen molar-refractivity contribution in [1.82, 2.24) is 0 Å². The van der Waals surface area contributed by atoms with Crippen LogP contribution in [0.15, 0.2) is 127 Å². The van der Waals surface area contributed by atoms with E-state index < -0.39 is 0 Å². The smallest absolute Gasteiger partial charge is 0.0543 e. The normalized spacial score (nSPS) is 23.8. The average Bonchev–Trinajstić information content (AvgIpc) is 3.99. The van der Waals surface area contributed by atoms with E-state index >= 15 is 0 Å². The van der Waals surface area contributed by atoms with Gasteiger partial charge in [0.2, 0.25) is 0 Å². The number of rotatable bonds is 6. The van der Waals surface area contributed by atoms with Gasteiger partial charge in [-0.15, -0.1) is 0 Å². The van der Waals surface area contributed by atoms with Crippen LogP contribution in [0.2, 0.25) is 0 Å². The van der Waals surface area contributed by atoms with Crippen LogP contribution in [-0.2, 0) is 16.2 Å². The second kappa shape index (κ2) is 12.8. The molecule has 6 aromatic carbocycles. The molecule has 5 aliphatic carbocycles. The molecule has 2 atom stereocenters. The van der Waals surface area contributed by atoms with E-state index in [-0.39, 0.29) is 16.2 Å². The Morgan fingerprint density at radius 1 is 0.491 bits per heavy atom. The van der Waals surface area contributed by atoms with Crippen molar-refractivity contribution in [1.29, 1.82) is 0 Å². The molecule has 2 fully saturated rings. The largest absolute Gasteiger partial charge is 0.310 e. The molecule has 0 heterocycles. The zero-order valence-corrected chi connectivity index (χ0v) is 34.7. The molecule has 0 N–H and O–H groups in total. The van der Waals surface area contributed by atoms with Gasteiger partial charge in [0.25, 0.3) is 0 Å². The molecule has 0 amide bonds. The van der Waals surface area contributed by atoms with E-state index in [1.54, 1.807) is 16.7 Å². The Morgan fingerprint density at radius 2 is 1.05 bits per heavy atom. The van der Waals surface area contributed by atoms with Crippen molar-refractivity contribution >= 4 is 17.1 Å². The number of hydrogen-bond donors (Lipinski definition) is 0. The van der Waals surface area contributed by atoms with Crippen LogP contribution in [-0.4, -0.2) is 0 Å². The van der Waals surface area contributed by atoms with E-state index in [9.17, 15) is 0 Å². The van der Waals surface area contributed by atoms with Crippen LogP contribution in [0.25, 0.3) is 33.4 Å². The first kappa shape index (κ1) is 35.3. The van der Waals surface area contributed by atoms with Gasteiger partial charge in [-0.25, -0.2) is 0 Å². The highest BCUT2D eigenvalue weighted by Crippen LogP contribution is 2.66. The minimum absolute atomic E-state index is 0.0250. The molecule has 2 spiro atoms. The average molecular weight is 744 g/mol. The van der Waals surface area contributed by atoms with Crippen molar-refractivity contribution in [3.63, 3.8) is 0 Å². The van der Waals surface area contributed by atoms with Crippen molar-refractivity contribution in [3.05, 3.63) is 161 Å². The third-order valence-electron chi connectivity index (χ3n) is 16.2. The predicted octanol–water partition coefficient (Wildman–Crippen LogP) is 15.4. The molecule has 5 aliphatic rings. The van der Waals surface area contributed by atoms with Crippen molar-refractivity contribution in [3.8, 4) is 33.4 Å². The third kappa shape index (κ3) is 4.64. The van der Waals surface area contributed by atoms with Gasteiger partial charge in [-0.05, 0) is 135 Å². The van der Waals surface area contributed by atoms with E-state index in [2.05, 4.69) is 167 Å². The van der Waals surface area contributed by atoms with Crippen LogP contribution in [0.4, 0.5) is 17.1 Å². The second-order valence-electron chi connectivity index (χ2n) is 18.9. The van der Waals surface area contributed by atoms with E-state index in [4.69, 9.17) is 0 Å². The molecular formula is C56H57N. The summed E-state index contributed by atoms with van der Waals surface area (Å²) in [5.74, 6) is 2.04. The van der Waals surface area contributed by atoms with Gasteiger partial charge in [-0.2, -0.15) is 0 Å². The van der Waals surface area contributed by atoms with Gasteiger partial charge in [0.15, 0.2) is 0 Å². The lowest BCUT2D eigenvalue weighted by Gasteiger charge is -2.51. The number of nitrogens with zero attached hydrogens (tertiary/aromatic N) is 1. The first-order valence-corrected chi connectivity index (χ1v) is 22.4. The predicted molar refractivity (Wildman–Crippen MR) is 240 cm³/mol. The van der Waals surface area contributed by atoms with Gasteiger partial charge in [-0.1, -0.05) is 164 Å². The maximum Gasteiger partial charge on any atom is 0.0543 e. The van der Waals surface area contributed by atoms with Gasteiger partial charge >= 0.3 is 0 Å². The number of benzene rings is 6. The van der Waals surface area contributed by atoms with Gasteiger partial charge in [0, 0.05) is 33.2 Å². The summed E-state index contributed by atoms with van der Waals surface area (Å²) in [7, 11) is 0. The molecule has 11 rings (SSSR count). The van der Waals surface area contributed by atoms with Crippen LogP contribution in [0, 0.1) is 17.8 Å². The van der Waals surface area contributed by atoms with Crippen molar-refractivity contribution in [2.24, 2.45) is 17.8 Å². The molecule has 6 aromatic rings. The van der Waals surface area contributed by atoms with Crippen molar-refractivity contribution in [2.75, 3.05) is 4.90 Å². The van der Waals surface area contributed by atoms with Gasteiger partial charge < -0.3 is 4.90 Å². The fourth-order valence-electron chi connectivity index (χ4n) is 13.7. The summed E-state index contributed by atoms with van der Waals surface area (Å²) in [6.07, 6.45) is 11.4. The Labute approximate surface area is 341 Å². The molecule has 1 heteroatoms. The molecule has 0 aromatic heterocycles. The SMILES string of the molecule is CCC1CC(CC)C2(c3ccccc3-c3c(N(c4ccc5c(c4)-c4ccccc4C5(C)C)c4ccc5c(c4)C4(CCCC4)c4ccccc4-5)cccc32)C(CC)C1. The maximum absolute atomic E-state index is 2.67. The van der Waals surface area contributed by atoms with Crippen molar-refractivity contribution in [2.45, 2.75) is 109 Å². The summed E-state index contributed by atoms with van der Waals surface area (Å²) in [6, 6.07) is 50.4. The zero-order chi connectivity index (χ0) is 38.7. The minimum atomic E-state index is -0.0372. The summed E-state index contributed by atoms with van der Waals surface area (Å²) in [5, 5.41) is 0. The Kier molecular flexibility index (Phi) is 7.93. The number of hydrogen-bond acceptors (Lipinski definition) is 1. The van der Waals surface area contributed by atoms with E-state index in [1.807, 2.05) is 0 Å². The number of anilines is 3. The highest BCUT2D eigenvalue weighted by molar-refractivity contribution is 5.97. The summed E-state index contributed by atoms with van der Waals surface area (Å²) in [6.45, 7) is 12.2.